The monoisotopic (exact) mass is 312 g/mol. The molecule has 8 heteroatoms. The van der Waals surface area contributed by atoms with Gasteiger partial charge in [-0.3, -0.25) is 9.59 Å². The molecule has 116 valence electrons. The van der Waals surface area contributed by atoms with Crippen LogP contribution in [0.4, 0.5) is 0 Å². The largest absolute Gasteiger partial charge is 0.481 e. The van der Waals surface area contributed by atoms with Crippen LogP contribution in [0.5, 0.6) is 0 Å². The van der Waals surface area contributed by atoms with Crippen molar-refractivity contribution in [2.45, 2.75) is 43.8 Å². The van der Waals surface area contributed by atoms with E-state index in [0.29, 0.717) is 31.2 Å². The molecule has 1 atom stereocenters. The van der Waals surface area contributed by atoms with Gasteiger partial charge in [0.05, 0.1) is 11.7 Å². The minimum Gasteiger partial charge on any atom is -0.481 e. The van der Waals surface area contributed by atoms with Gasteiger partial charge in [-0.1, -0.05) is 18.7 Å². The zero-order valence-electron chi connectivity index (χ0n) is 12.0. The lowest BCUT2D eigenvalue weighted by molar-refractivity contribution is -0.141. The van der Waals surface area contributed by atoms with Crippen molar-refractivity contribution < 1.29 is 14.7 Å². The Morgan fingerprint density at radius 2 is 2.33 bits per heavy atom. The SMILES string of the molecule is CC(CCCNC(=O)CSc1nncn1C1CC1)C(=O)O. The summed E-state index contributed by atoms with van der Waals surface area (Å²) in [7, 11) is 0. The van der Waals surface area contributed by atoms with Gasteiger partial charge in [-0.05, 0) is 25.7 Å². The Kier molecular flexibility index (Phi) is 5.60. The summed E-state index contributed by atoms with van der Waals surface area (Å²) in [6.07, 6.45) is 5.26. The van der Waals surface area contributed by atoms with Crippen molar-refractivity contribution in [2.24, 2.45) is 5.92 Å². The summed E-state index contributed by atoms with van der Waals surface area (Å²) in [5, 5.41) is 20.2. The molecule has 1 fully saturated rings. The number of hydrogen-bond donors (Lipinski definition) is 2. The first-order chi connectivity index (χ1) is 10.1. The van der Waals surface area contributed by atoms with Crippen LogP contribution < -0.4 is 5.32 Å². The Bertz CT molecular complexity index is 501. The molecular weight excluding hydrogens is 292 g/mol. The molecule has 1 amide bonds. The van der Waals surface area contributed by atoms with Crippen LogP contribution >= 0.6 is 11.8 Å². The first-order valence-electron chi connectivity index (χ1n) is 7.09. The van der Waals surface area contributed by atoms with Crippen molar-refractivity contribution in [3.05, 3.63) is 6.33 Å². The molecule has 0 aliphatic heterocycles. The number of carbonyl (C=O) groups excluding carboxylic acids is 1. The fraction of sp³-hybridized carbons (Fsp3) is 0.692. The molecule has 1 unspecified atom stereocenters. The number of carboxylic acids is 1. The van der Waals surface area contributed by atoms with Gasteiger partial charge in [-0.15, -0.1) is 10.2 Å². The third-order valence-electron chi connectivity index (χ3n) is 3.37. The van der Waals surface area contributed by atoms with Crippen molar-refractivity contribution in [1.29, 1.82) is 0 Å². The average molecular weight is 312 g/mol. The molecule has 2 N–H and O–H groups in total. The van der Waals surface area contributed by atoms with Gasteiger partial charge in [-0.25, -0.2) is 0 Å². The number of aliphatic carboxylic acids is 1. The van der Waals surface area contributed by atoms with Crippen LogP contribution in [-0.2, 0) is 9.59 Å². The lowest BCUT2D eigenvalue weighted by atomic mass is 10.1. The Balaban J connectivity index is 1.61. The van der Waals surface area contributed by atoms with Crippen molar-refractivity contribution in [1.82, 2.24) is 20.1 Å². The molecular formula is C13H20N4O3S. The second-order valence-corrected chi connectivity index (χ2v) is 6.21. The highest BCUT2D eigenvalue weighted by atomic mass is 32.2. The van der Waals surface area contributed by atoms with Gasteiger partial charge < -0.3 is 15.0 Å². The third kappa shape index (κ3) is 5.04. The number of nitrogens with zero attached hydrogens (tertiary/aromatic N) is 3. The maximum absolute atomic E-state index is 11.7. The fourth-order valence-electron chi connectivity index (χ4n) is 1.88. The summed E-state index contributed by atoms with van der Waals surface area (Å²) in [4.78, 5) is 22.4. The van der Waals surface area contributed by atoms with Gasteiger partial charge in [-0.2, -0.15) is 0 Å². The standard InChI is InChI=1S/C13H20N4O3S/c1-9(12(19)20)3-2-6-14-11(18)7-21-13-16-15-8-17(13)10-4-5-10/h8-10H,2-7H2,1H3,(H,14,18)(H,19,20). The van der Waals surface area contributed by atoms with E-state index < -0.39 is 5.97 Å². The van der Waals surface area contributed by atoms with E-state index in [1.54, 1.807) is 13.3 Å². The van der Waals surface area contributed by atoms with Crippen molar-refractivity contribution in [2.75, 3.05) is 12.3 Å². The summed E-state index contributed by atoms with van der Waals surface area (Å²) in [6.45, 7) is 2.18. The minimum atomic E-state index is -0.795. The van der Waals surface area contributed by atoms with Gasteiger partial charge >= 0.3 is 5.97 Å². The Hall–Kier alpha value is -1.57. The number of carbonyl (C=O) groups is 2. The molecule has 1 aromatic heterocycles. The summed E-state index contributed by atoms with van der Waals surface area (Å²) < 4.78 is 2.02. The number of carboxylic acid groups (broad SMARTS) is 1. The minimum absolute atomic E-state index is 0.0617. The first kappa shape index (κ1) is 15.8. The smallest absolute Gasteiger partial charge is 0.306 e. The van der Waals surface area contributed by atoms with E-state index in [-0.39, 0.29) is 11.8 Å². The number of amides is 1. The Morgan fingerprint density at radius 3 is 3.00 bits per heavy atom. The predicted octanol–water partition coefficient (Wildman–Crippen LogP) is 1.32. The molecule has 1 aromatic rings. The summed E-state index contributed by atoms with van der Waals surface area (Å²) >= 11 is 1.38. The molecule has 2 rings (SSSR count). The van der Waals surface area contributed by atoms with Gasteiger partial charge in [0.2, 0.25) is 5.91 Å². The van der Waals surface area contributed by atoms with Gasteiger partial charge in [0.25, 0.3) is 0 Å². The van der Waals surface area contributed by atoms with E-state index in [2.05, 4.69) is 15.5 Å². The maximum atomic E-state index is 11.7. The van der Waals surface area contributed by atoms with Gasteiger partial charge in [0.1, 0.15) is 6.33 Å². The van der Waals surface area contributed by atoms with Crippen molar-refractivity contribution >= 4 is 23.6 Å². The molecule has 0 spiro atoms. The normalized spacial score (nSPS) is 15.7. The van der Waals surface area contributed by atoms with Crippen LogP contribution in [0.1, 0.15) is 38.6 Å². The molecule has 0 radical (unpaired) electrons. The van der Waals surface area contributed by atoms with Crippen LogP contribution in [-0.4, -0.2) is 44.0 Å². The number of thioether (sulfide) groups is 1. The molecule has 0 bridgehead atoms. The lowest BCUT2D eigenvalue weighted by Gasteiger charge is -2.07. The highest BCUT2D eigenvalue weighted by Gasteiger charge is 2.26. The lowest BCUT2D eigenvalue weighted by Crippen LogP contribution is -2.27. The number of hydrogen-bond acceptors (Lipinski definition) is 5. The van der Waals surface area contributed by atoms with E-state index in [4.69, 9.17) is 5.11 Å². The average Bonchev–Trinajstić information content (AvgIpc) is 3.19. The topological polar surface area (TPSA) is 97.1 Å². The summed E-state index contributed by atoms with van der Waals surface area (Å²) in [5.41, 5.74) is 0. The molecule has 0 saturated heterocycles. The molecule has 1 aliphatic rings. The second kappa shape index (κ2) is 7.44. The van der Waals surface area contributed by atoms with Crippen LogP contribution in [0.25, 0.3) is 0 Å². The van der Waals surface area contributed by atoms with Crippen molar-refractivity contribution in [3.8, 4) is 0 Å². The molecule has 1 aliphatic carbocycles. The van der Waals surface area contributed by atoms with Crippen LogP contribution in [0.2, 0.25) is 0 Å². The molecule has 7 nitrogen and oxygen atoms in total. The quantitative estimate of drug-likeness (QED) is 0.527. The molecule has 1 heterocycles. The maximum Gasteiger partial charge on any atom is 0.306 e. The molecule has 0 aromatic carbocycles. The zero-order chi connectivity index (χ0) is 15.2. The predicted molar refractivity (Wildman–Crippen MR) is 78.1 cm³/mol. The zero-order valence-corrected chi connectivity index (χ0v) is 12.8. The summed E-state index contributed by atoms with van der Waals surface area (Å²) in [6, 6.07) is 0.503. The van der Waals surface area contributed by atoms with E-state index in [1.165, 1.54) is 11.8 Å². The van der Waals surface area contributed by atoms with Gasteiger partial charge in [0, 0.05) is 12.6 Å². The Morgan fingerprint density at radius 1 is 1.57 bits per heavy atom. The van der Waals surface area contributed by atoms with Crippen molar-refractivity contribution in [3.63, 3.8) is 0 Å². The van der Waals surface area contributed by atoms with Gasteiger partial charge in [0.15, 0.2) is 5.16 Å². The first-order valence-corrected chi connectivity index (χ1v) is 8.08. The Labute approximate surface area is 127 Å². The van der Waals surface area contributed by atoms with Crippen LogP contribution in [0.3, 0.4) is 0 Å². The molecule has 1 saturated carbocycles. The van der Waals surface area contributed by atoms with E-state index >= 15 is 0 Å². The summed E-state index contributed by atoms with van der Waals surface area (Å²) in [5.74, 6) is -0.919. The van der Waals surface area contributed by atoms with E-state index in [0.717, 1.165) is 18.0 Å². The van der Waals surface area contributed by atoms with E-state index in [1.807, 2.05) is 4.57 Å². The fourth-order valence-corrected chi connectivity index (χ4v) is 2.69. The number of aromatic nitrogens is 3. The molecule has 21 heavy (non-hydrogen) atoms. The van der Waals surface area contributed by atoms with E-state index in [9.17, 15) is 9.59 Å². The van der Waals surface area contributed by atoms with Crippen LogP contribution in [0, 0.1) is 5.92 Å². The highest BCUT2D eigenvalue weighted by Crippen LogP contribution is 2.37. The second-order valence-electron chi connectivity index (χ2n) is 5.27. The number of nitrogens with one attached hydrogen (secondary N) is 1. The van der Waals surface area contributed by atoms with Crippen LogP contribution in [0.15, 0.2) is 11.5 Å². The third-order valence-corrected chi connectivity index (χ3v) is 4.33. The highest BCUT2D eigenvalue weighted by molar-refractivity contribution is 7.99. The number of rotatable bonds is 9.